The third kappa shape index (κ3) is 3.13. The maximum atomic E-state index is 2.38. The molecular weight excluding hydrogens is 297 g/mol. The summed E-state index contributed by atoms with van der Waals surface area (Å²) in [6.07, 6.45) is 8.09. The molecule has 0 heterocycles. The van der Waals surface area contributed by atoms with E-state index < -0.39 is 23.2 Å². The molecule has 0 aromatic rings. The van der Waals surface area contributed by atoms with Crippen LogP contribution >= 0.6 is 0 Å². The van der Waals surface area contributed by atoms with Gasteiger partial charge in [-0.3, -0.25) is 9.41 Å². The molecule has 0 N–H and O–H groups in total. The molecule has 1 unspecified atom stereocenters. The van der Waals surface area contributed by atoms with Crippen molar-refractivity contribution >= 4 is 0 Å². The van der Waals surface area contributed by atoms with E-state index in [1.54, 1.807) is 20.0 Å². The van der Waals surface area contributed by atoms with Crippen molar-refractivity contribution in [3.8, 4) is 0 Å². The van der Waals surface area contributed by atoms with Crippen molar-refractivity contribution in [1.29, 1.82) is 0 Å². The van der Waals surface area contributed by atoms with Crippen LogP contribution in [0.2, 0.25) is 0 Å². The number of allylic oxidation sites excluding steroid dienone is 8. The zero-order valence-electron chi connectivity index (χ0n) is 10.8. The molecule has 0 radical (unpaired) electrons. The third-order valence-corrected chi connectivity index (χ3v) is 8.06. The molecule has 0 aromatic carbocycles. The van der Waals surface area contributed by atoms with Crippen LogP contribution < -0.4 is 0 Å². The molecule has 0 spiro atoms. The van der Waals surface area contributed by atoms with E-state index in [0.717, 1.165) is 5.92 Å². The second kappa shape index (κ2) is 6.59. The zero-order chi connectivity index (χ0) is 11.0. The van der Waals surface area contributed by atoms with Gasteiger partial charge in [-0.1, -0.05) is 0 Å². The van der Waals surface area contributed by atoms with E-state index in [-0.39, 0.29) is 9.41 Å². The summed E-state index contributed by atoms with van der Waals surface area (Å²) in [5.74, 6) is 0.734. The Bertz CT molecular complexity index is 414. The molecule has 0 bridgehead atoms. The predicted octanol–water partition coefficient (Wildman–Crippen LogP) is 4.48. The van der Waals surface area contributed by atoms with Crippen molar-refractivity contribution in [2.24, 2.45) is 5.92 Å². The maximum Gasteiger partial charge on any atom is -0.269 e. The topological polar surface area (TPSA) is 0 Å². The van der Waals surface area contributed by atoms with Gasteiger partial charge in [-0.25, -0.2) is 0 Å². The van der Waals surface area contributed by atoms with Crippen LogP contribution in [0.5, 0.6) is 0 Å². The average Bonchev–Trinajstić information content (AvgIpc) is 2.79. The minimum Gasteiger partial charge on any atom is -0.269 e. The Balaban J connectivity index is 0.00000128. The SMILES string of the molecule is CC1=C(C)C(C)[C]([Zr][C]2=CC=CC2)=C1C.F.F. The van der Waals surface area contributed by atoms with Crippen molar-refractivity contribution in [2.75, 3.05) is 0 Å². The fraction of sp³-hybridized carbons (Fsp3) is 0.429. The molecule has 0 aliphatic heterocycles. The summed E-state index contributed by atoms with van der Waals surface area (Å²) in [6, 6.07) is 0. The molecule has 2 aliphatic rings. The van der Waals surface area contributed by atoms with Gasteiger partial charge in [-0.05, 0) is 0 Å². The molecular formula is C14H20F2Zr. The monoisotopic (exact) mass is 316 g/mol. The van der Waals surface area contributed by atoms with Crippen LogP contribution in [-0.4, -0.2) is 0 Å². The van der Waals surface area contributed by atoms with Gasteiger partial charge in [0.25, 0.3) is 0 Å². The summed E-state index contributed by atoms with van der Waals surface area (Å²) in [5, 5.41) is 0. The molecule has 0 amide bonds. The molecule has 1 atom stereocenters. The summed E-state index contributed by atoms with van der Waals surface area (Å²) < 4.78 is 3.55. The van der Waals surface area contributed by atoms with Gasteiger partial charge >= 0.3 is 105 Å². The molecule has 94 valence electrons. The van der Waals surface area contributed by atoms with Crippen molar-refractivity contribution in [1.82, 2.24) is 0 Å². The molecule has 2 aliphatic carbocycles. The molecule has 0 saturated heterocycles. The quantitative estimate of drug-likeness (QED) is 0.704. The molecule has 17 heavy (non-hydrogen) atoms. The van der Waals surface area contributed by atoms with Crippen molar-refractivity contribution in [3.05, 3.63) is 41.5 Å². The second-order valence-electron chi connectivity index (χ2n) is 4.52. The van der Waals surface area contributed by atoms with Crippen LogP contribution in [-0.2, 0) is 23.2 Å². The van der Waals surface area contributed by atoms with Crippen molar-refractivity contribution in [3.63, 3.8) is 0 Å². The van der Waals surface area contributed by atoms with E-state index in [1.807, 2.05) is 3.28 Å². The first-order valence-electron chi connectivity index (χ1n) is 5.62. The fourth-order valence-electron chi connectivity index (χ4n) is 2.28. The third-order valence-electron chi connectivity index (χ3n) is 3.71. The number of hydrogen-bond acceptors (Lipinski definition) is 0. The Morgan fingerprint density at radius 2 is 1.76 bits per heavy atom. The molecule has 0 nitrogen and oxygen atoms in total. The van der Waals surface area contributed by atoms with Crippen LogP contribution in [0, 0.1) is 5.92 Å². The summed E-state index contributed by atoms with van der Waals surface area (Å²) >= 11 is -0.456. The second-order valence-corrected chi connectivity index (χ2v) is 8.03. The Morgan fingerprint density at radius 3 is 2.18 bits per heavy atom. The maximum absolute atomic E-state index is 2.38. The number of rotatable bonds is 2. The van der Waals surface area contributed by atoms with Crippen LogP contribution in [0.3, 0.4) is 0 Å². The minimum absolute atomic E-state index is 0. The minimum atomic E-state index is -0.456. The Labute approximate surface area is 114 Å². The molecule has 3 heteroatoms. The summed E-state index contributed by atoms with van der Waals surface area (Å²) in [6.45, 7) is 9.29. The van der Waals surface area contributed by atoms with Crippen molar-refractivity contribution < 1.29 is 32.6 Å². The van der Waals surface area contributed by atoms with Gasteiger partial charge in [0.15, 0.2) is 0 Å². The Hall–Kier alpha value is -0.297. The van der Waals surface area contributed by atoms with Gasteiger partial charge in [0, 0.05) is 0 Å². The summed E-state index contributed by atoms with van der Waals surface area (Å²) in [7, 11) is 0. The van der Waals surface area contributed by atoms with E-state index in [2.05, 4.69) is 45.9 Å². The first-order valence-corrected chi connectivity index (χ1v) is 8.08. The van der Waals surface area contributed by atoms with Gasteiger partial charge in [0.1, 0.15) is 0 Å². The summed E-state index contributed by atoms with van der Waals surface area (Å²) in [5.41, 5.74) is 4.78. The van der Waals surface area contributed by atoms with Crippen molar-refractivity contribution in [2.45, 2.75) is 34.1 Å². The van der Waals surface area contributed by atoms with Gasteiger partial charge in [0.05, 0.1) is 0 Å². The molecule has 0 aromatic heterocycles. The fourth-order valence-corrected chi connectivity index (χ4v) is 6.10. The largest absolute Gasteiger partial charge is 0.269 e. The first kappa shape index (κ1) is 16.7. The number of hydrogen-bond donors (Lipinski definition) is 0. The van der Waals surface area contributed by atoms with Crippen LogP contribution in [0.1, 0.15) is 34.1 Å². The normalized spacial score (nSPS) is 22.4. The van der Waals surface area contributed by atoms with Crippen LogP contribution in [0.25, 0.3) is 0 Å². The van der Waals surface area contributed by atoms with Gasteiger partial charge in [-0.2, -0.15) is 0 Å². The van der Waals surface area contributed by atoms with E-state index in [4.69, 9.17) is 0 Å². The molecule has 0 saturated carbocycles. The van der Waals surface area contributed by atoms with E-state index in [9.17, 15) is 0 Å². The zero-order valence-corrected chi connectivity index (χ0v) is 13.3. The van der Waals surface area contributed by atoms with Gasteiger partial charge in [-0.15, -0.1) is 0 Å². The molecule has 2 rings (SSSR count). The standard InChI is InChI=1S/C9H13.C5H5.2FH.Zr/c1-6-5-7(2)9(4)8(6)3;1-2-4-5-3-1;;;/h6H,1-4H3;1-3H,4H2;2*1H;. The van der Waals surface area contributed by atoms with E-state index in [0.29, 0.717) is 0 Å². The number of halogens is 2. The van der Waals surface area contributed by atoms with E-state index >= 15 is 0 Å². The Morgan fingerprint density at radius 1 is 1.12 bits per heavy atom. The predicted molar refractivity (Wildman–Crippen MR) is 67.1 cm³/mol. The Kier molecular flexibility index (Phi) is 6.47. The van der Waals surface area contributed by atoms with Gasteiger partial charge in [0.2, 0.25) is 0 Å². The molecule has 0 fully saturated rings. The van der Waals surface area contributed by atoms with Gasteiger partial charge < -0.3 is 0 Å². The van der Waals surface area contributed by atoms with Crippen LogP contribution in [0.15, 0.2) is 41.5 Å². The first-order chi connectivity index (χ1) is 7.11. The van der Waals surface area contributed by atoms with E-state index in [1.165, 1.54) is 6.42 Å². The van der Waals surface area contributed by atoms with Crippen LogP contribution in [0.4, 0.5) is 9.41 Å². The smallest absolute Gasteiger partial charge is 0.269 e. The summed E-state index contributed by atoms with van der Waals surface area (Å²) in [4.78, 5) is 0. The average molecular weight is 318 g/mol.